The number of rotatable bonds is 6. The van der Waals surface area contributed by atoms with Crippen LogP contribution in [0.25, 0.3) is 11.2 Å². The normalized spacial score (nSPS) is 11.0. The smallest absolute Gasteiger partial charge is 0.310 e. The number of hydrogen-bond acceptors (Lipinski definition) is 6. The molecule has 1 aromatic carbocycles. The van der Waals surface area contributed by atoms with Crippen molar-refractivity contribution >= 4 is 46.2 Å². The minimum Gasteiger partial charge on any atom is -0.465 e. The number of anilines is 1. The van der Waals surface area contributed by atoms with Gasteiger partial charge in [0, 0.05) is 22.2 Å². The third-order valence-corrected chi connectivity index (χ3v) is 4.33. The molecule has 0 unspecified atom stereocenters. The Morgan fingerprint density at radius 3 is 2.72 bits per heavy atom. The molecule has 0 amide bonds. The summed E-state index contributed by atoms with van der Waals surface area (Å²) in [5.74, 6) is -0.0381. The Bertz CT molecular complexity index is 892. The van der Waals surface area contributed by atoms with E-state index in [0.717, 1.165) is 0 Å². The van der Waals surface area contributed by atoms with Crippen molar-refractivity contribution in [3.63, 3.8) is 0 Å². The summed E-state index contributed by atoms with van der Waals surface area (Å²) in [6.07, 6.45) is 3.68. The minimum atomic E-state index is -0.378. The van der Waals surface area contributed by atoms with Gasteiger partial charge in [0.25, 0.3) is 0 Å². The molecule has 0 bridgehead atoms. The first kappa shape index (κ1) is 17.4. The fourth-order valence-electron chi connectivity index (χ4n) is 2.38. The molecule has 0 aliphatic heterocycles. The molecule has 130 valence electrons. The highest BCUT2D eigenvalue weighted by atomic mass is 35.5. The molecule has 0 aliphatic carbocycles. The predicted molar refractivity (Wildman–Crippen MR) is 95.5 cm³/mol. The van der Waals surface area contributed by atoms with Crippen LogP contribution in [0.5, 0.6) is 0 Å². The molecule has 2 heterocycles. The number of nitrogens with two attached hydrogens (primary N) is 1. The molecule has 3 aromatic rings. The number of esters is 1. The zero-order valence-electron chi connectivity index (χ0n) is 13.2. The number of nitrogens with zero attached hydrogens (tertiary/aromatic N) is 4. The number of aryl methyl sites for hydroxylation is 1. The van der Waals surface area contributed by atoms with Gasteiger partial charge in [-0.2, -0.15) is 0 Å². The molecule has 25 heavy (non-hydrogen) atoms. The van der Waals surface area contributed by atoms with E-state index < -0.39 is 0 Å². The van der Waals surface area contributed by atoms with E-state index in [2.05, 4.69) is 15.0 Å². The van der Waals surface area contributed by atoms with E-state index in [-0.39, 0.29) is 19.0 Å². The minimum absolute atomic E-state index is 0.0380. The highest BCUT2D eigenvalue weighted by Crippen LogP contribution is 2.24. The van der Waals surface area contributed by atoms with Crippen LogP contribution < -0.4 is 5.73 Å². The molecule has 2 aromatic heterocycles. The van der Waals surface area contributed by atoms with Crippen LogP contribution in [0.1, 0.15) is 12.0 Å². The summed E-state index contributed by atoms with van der Waals surface area (Å²) < 4.78 is 7.08. The predicted octanol–water partition coefficient (Wildman–Crippen LogP) is 2.89. The average molecular weight is 380 g/mol. The lowest BCUT2D eigenvalue weighted by Gasteiger charge is -2.08. The van der Waals surface area contributed by atoms with Gasteiger partial charge in [-0.1, -0.05) is 29.3 Å². The molecule has 0 saturated heterocycles. The molecule has 0 radical (unpaired) electrons. The van der Waals surface area contributed by atoms with Crippen molar-refractivity contribution < 1.29 is 9.53 Å². The van der Waals surface area contributed by atoms with Gasteiger partial charge in [-0.05, 0) is 18.6 Å². The molecule has 3 rings (SSSR count). The van der Waals surface area contributed by atoms with E-state index in [1.165, 1.54) is 6.33 Å². The lowest BCUT2D eigenvalue weighted by atomic mass is 10.1. The van der Waals surface area contributed by atoms with Gasteiger partial charge in [-0.15, -0.1) is 0 Å². The Kier molecular flexibility index (Phi) is 5.35. The number of halogens is 2. The third-order valence-electron chi connectivity index (χ3n) is 3.62. The zero-order valence-corrected chi connectivity index (χ0v) is 14.7. The van der Waals surface area contributed by atoms with Crippen molar-refractivity contribution in [2.45, 2.75) is 19.4 Å². The van der Waals surface area contributed by atoms with Gasteiger partial charge in [0.2, 0.25) is 0 Å². The van der Waals surface area contributed by atoms with Gasteiger partial charge in [-0.3, -0.25) is 4.79 Å². The maximum Gasteiger partial charge on any atom is 0.310 e. The molecule has 7 nitrogen and oxygen atoms in total. The molecule has 0 atom stereocenters. The summed E-state index contributed by atoms with van der Waals surface area (Å²) in [5, 5.41) is 0.901. The number of aromatic nitrogens is 4. The van der Waals surface area contributed by atoms with E-state index in [1.54, 1.807) is 24.5 Å². The number of imidazole rings is 1. The van der Waals surface area contributed by atoms with Crippen molar-refractivity contribution in [1.82, 2.24) is 19.5 Å². The van der Waals surface area contributed by atoms with E-state index in [1.807, 2.05) is 4.57 Å². The van der Waals surface area contributed by atoms with Crippen LogP contribution in [0.15, 0.2) is 30.9 Å². The number of nitrogen functional groups attached to an aromatic ring is 1. The molecule has 2 N–H and O–H groups in total. The fourth-order valence-corrected chi connectivity index (χ4v) is 2.91. The van der Waals surface area contributed by atoms with E-state index >= 15 is 0 Å². The Morgan fingerprint density at radius 1 is 1.20 bits per heavy atom. The molecule has 0 aliphatic rings. The Hall–Kier alpha value is -2.38. The van der Waals surface area contributed by atoms with Crippen LogP contribution in [0.2, 0.25) is 10.0 Å². The number of benzene rings is 1. The lowest BCUT2D eigenvalue weighted by molar-refractivity contribution is -0.142. The average Bonchev–Trinajstić information content (AvgIpc) is 3.00. The topological polar surface area (TPSA) is 95.9 Å². The zero-order chi connectivity index (χ0) is 17.8. The summed E-state index contributed by atoms with van der Waals surface area (Å²) in [7, 11) is 0. The molecular weight excluding hydrogens is 365 g/mol. The summed E-state index contributed by atoms with van der Waals surface area (Å²) in [4.78, 5) is 24.2. The fraction of sp³-hybridized carbons (Fsp3) is 0.250. The van der Waals surface area contributed by atoms with E-state index in [0.29, 0.717) is 45.6 Å². The number of carbonyl (C=O) groups is 1. The van der Waals surface area contributed by atoms with Crippen molar-refractivity contribution in [3.8, 4) is 0 Å². The SMILES string of the molecule is Nc1ncnc2c1ncn2CCCOC(=O)Cc1c(Cl)cccc1Cl. The molecule has 0 spiro atoms. The molecular formula is C16H15Cl2N5O2. The standard InChI is InChI=1S/C16H15Cl2N5O2/c17-11-3-1-4-12(18)10(11)7-13(24)25-6-2-5-23-9-22-14-15(19)20-8-21-16(14)23/h1,3-4,8-9H,2,5-7H2,(H2,19,20,21). The first-order valence-corrected chi connectivity index (χ1v) is 8.31. The Balaban J connectivity index is 1.51. The third kappa shape index (κ3) is 4.00. The molecule has 0 saturated carbocycles. The van der Waals surface area contributed by atoms with Crippen LogP contribution in [0, 0.1) is 0 Å². The van der Waals surface area contributed by atoms with Gasteiger partial charge in [0.05, 0.1) is 19.4 Å². The van der Waals surface area contributed by atoms with E-state index in [9.17, 15) is 4.79 Å². The maximum atomic E-state index is 11.9. The number of fused-ring (bicyclic) bond motifs is 1. The van der Waals surface area contributed by atoms with E-state index in [4.69, 9.17) is 33.7 Å². The number of hydrogen-bond donors (Lipinski definition) is 1. The van der Waals surface area contributed by atoms with Crippen LogP contribution >= 0.6 is 23.2 Å². The summed E-state index contributed by atoms with van der Waals surface area (Å²) in [6.45, 7) is 0.855. The lowest BCUT2D eigenvalue weighted by Crippen LogP contribution is -2.11. The second-order valence-electron chi connectivity index (χ2n) is 5.32. The molecule has 9 heteroatoms. The quantitative estimate of drug-likeness (QED) is 0.522. The second kappa shape index (κ2) is 7.67. The monoisotopic (exact) mass is 379 g/mol. The highest BCUT2D eigenvalue weighted by molar-refractivity contribution is 6.36. The van der Waals surface area contributed by atoms with Gasteiger partial charge >= 0.3 is 5.97 Å². The van der Waals surface area contributed by atoms with Gasteiger partial charge in [-0.25, -0.2) is 15.0 Å². The van der Waals surface area contributed by atoms with Crippen molar-refractivity contribution in [1.29, 1.82) is 0 Å². The Labute approximate surface area is 153 Å². The summed E-state index contributed by atoms with van der Waals surface area (Å²) >= 11 is 12.1. The van der Waals surface area contributed by atoms with Gasteiger partial charge in [0.1, 0.15) is 11.8 Å². The van der Waals surface area contributed by atoms with Crippen LogP contribution in [-0.2, 0) is 22.5 Å². The maximum absolute atomic E-state index is 11.9. The number of carbonyl (C=O) groups excluding carboxylic acids is 1. The molecule has 0 fully saturated rings. The van der Waals surface area contributed by atoms with Gasteiger partial charge < -0.3 is 15.0 Å². The number of ether oxygens (including phenoxy) is 1. The van der Waals surface area contributed by atoms with Crippen LogP contribution in [-0.4, -0.2) is 32.1 Å². The van der Waals surface area contributed by atoms with Crippen LogP contribution in [0.4, 0.5) is 5.82 Å². The van der Waals surface area contributed by atoms with Crippen molar-refractivity contribution in [2.75, 3.05) is 12.3 Å². The second-order valence-corrected chi connectivity index (χ2v) is 6.13. The van der Waals surface area contributed by atoms with Crippen molar-refractivity contribution in [3.05, 3.63) is 46.5 Å². The van der Waals surface area contributed by atoms with Crippen LogP contribution in [0.3, 0.4) is 0 Å². The summed E-state index contributed by atoms with van der Waals surface area (Å²) in [5.41, 5.74) is 7.53. The first-order valence-electron chi connectivity index (χ1n) is 7.56. The highest BCUT2D eigenvalue weighted by Gasteiger charge is 2.12. The van der Waals surface area contributed by atoms with Gasteiger partial charge in [0.15, 0.2) is 11.5 Å². The largest absolute Gasteiger partial charge is 0.465 e. The Morgan fingerprint density at radius 2 is 1.96 bits per heavy atom. The van der Waals surface area contributed by atoms with Crippen molar-refractivity contribution in [2.24, 2.45) is 0 Å². The summed E-state index contributed by atoms with van der Waals surface area (Å²) in [6, 6.07) is 5.10. The first-order chi connectivity index (χ1) is 12.1.